The molecule has 0 radical (unpaired) electrons. The normalized spacial score (nSPS) is 10.7. The zero-order valence-electron chi connectivity index (χ0n) is 18.8. The topological polar surface area (TPSA) is 111 Å². The molecule has 0 saturated heterocycles. The fourth-order valence-corrected chi connectivity index (χ4v) is 1.72. The molecule has 0 bridgehead atoms. The molecule has 0 saturated carbocycles. The van der Waals surface area contributed by atoms with Crippen LogP contribution in [0.25, 0.3) is 0 Å². The van der Waals surface area contributed by atoms with Crippen LogP contribution in [0.3, 0.4) is 0 Å². The van der Waals surface area contributed by atoms with Gasteiger partial charge in [-0.05, 0) is 0 Å². The van der Waals surface area contributed by atoms with Gasteiger partial charge in [0, 0.05) is 12.8 Å². The van der Waals surface area contributed by atoms with E-state index in [1.807, 2.05) is 42.3 Å². The Kier molecular flexibility index (Phi) is 19.1. The molecule has 0 aliphatic rings. The number of carbonyl (C=O) groups is 4. The fraction of sp³-hybridized carbons (Fsp3) is 0.778. The number of alkyl carbamates (subject to hydrolysis) is 2. The molecule has 2 amide bonds. The molecule has 0 aliphatic heterocycles. The van der Waals surface area contributed by atoms with Crippen molar-refractivity contribution in [1.29, 1.82) is 0 Å². The molecule has 0 spiro atoms. The van der Waals surface area contributed by atoms with Gasteiger partial charge in [0.15, 0.2) is 11.6 Å². The molecule has 12 heteroatoms. The monoisotopic (exact) mass is 658 g/mol. The van der Waals surface area contributed by atoms with Crippen LogP contribution in [-0.2, 0) is 19.1 Å². The number of ketones is 2. The van der Waals surface area contributed by atoms with Crippen LogP contribution in [0.5, 0.6) is 0 Å². The van der Waals surface area contributed by atoms with Crippen LogP contribution in [0.4, 0.5) is 9.59 Å². The molecule has 178 valence electrons. The third-order valence-electron chi connectivity index (χ3n) is 3.53. The van der Waals surface area contributed by atoms with Crippen molar-refractivity contribution >= 4 is 23.8 Å². The van der Waals surface area contributed by atoms with Crippen molar-refractivity contribution in [2.24, 2.45) is 0 Å². The lowest BCUT2D eigenvalue weighted by Crippen LogP contribution is -3.00. The van der Waals surface area contributed by atoms with Gasteiger partial charge in [0.1, 0.15) is 26.3 Å². The number of likely N-dealkylation sites (N-methyl/N-ethyl adjacent to an activating group) is 2. The molecule has 0 rings (SSSR count). The van der Waals surface area contributed by atoms with Gasteiger partial charge in [-0.25, -0.2) is 9.59 Å². The summed E-state index contributed by atoms with van der Waals surface area (Å²) in [4.78, 5) is 46.4. The van der Waals surface area contributed by atoms with Crippen molar-refractivity contribution in [2.45, 2.75) is 12.8 Å². The highest BCUT2D eigenvalue weighted by Crippen LogP contribution is 1.94. The molecule has 2 N–H and O–H groups in total. The van der Waals surface area contributed by atoms with Gasteiger partial charge < -0.3 is 77.0 Å². The molecular weight excluding hydrogens is 622 g/mol. The van der Waals surface area contributed by atoms with Crippen molar-refractivity contribution < 1.29 is 85.6 Å². The van der Waals surface area contributed by atoms with Crippen LogP contribution in [0, 0.1) is 0 Å². The minimum absolute atomic E-state index is 0. The van der Waals surface area contributed by atoms with Crippen LogP contribution in [0.2, 0.25) is 0 Å². The molecule has 0 unspecified atom stereocenters. The van der Waals surface area contributed by atoms with E-state index < -0.39 is 12.2 Å². The van der Waals surface area contributed by atoms with E-state index in [1.165, 1.54) is 0 Å². The maximum Gasteiger partial charge on any atom is 0.407 e. The first-order chi connectivity index (χ1) is 12.8. The van der Waals surface area contributed by atoms with Gasteiger partial charge in [-0.3, -0.25) is 9.59 Å². The number of quaternary nitrogens is 2. The van der Waals surface area contributed by atoms with E-state index in [0.29, 0.717) is 22.1 Å². The molecule has 30 heavy (non-hydrogen) atoms. The first-order valence-electron chi connectivity index (χ1n) is 9.24. The Bertz CT molecular complexity index is 500. The molecule has 0 atom stereocenters. The summed E-state index contributed by atoms with van der Waals surface area (Å²) in [5.41, 5.74) is 0. The number of nitrogens with one attached hydrogen (secondary N) is 2. The molecule has 0 fully saturated rings. The highest BCUT2D eigenvalue weighted by molar-refractivity contribution is 5.90. The largest absolute Gasteiger partial charge is 1.00 e. The highest BCUT2D eigenvalue weighted by atomic mass is 127. The summed E-state index contributed by atoms with van der Waals surface area (Å²) in [5.74, 6) is -0.579. The number of nitrogens with zero attached hydrogens (tertiary/aromatic N) is 2. The number of ether oxygens (including phenoxy) is 2. The first-order valence-corrected chi connectivity index (χ1v) is 9.24. The van der Waals surface area contributed by atoms with Crippen molar-refractivity contribution in [3.8, 4) is 0 Å². The molecule has 10 nitrogen and oxygen atoms in total. The lowest BCUT2D eigenvalue weighted by atomic mass is 10.1. The Hall–Kier alpha value is -0.740. The number of hydrogen-bond donors (Lipinski definition) is 2. The second kappa shape index (κ2) is 16.9. The van der Waals surface area contributed by atoms with Crippen LogP contribution in [-0.4, -0.2) is 114 Å². The third-order valence-corrected chi connectivity index (χ3v) is 3.53. The molecule has 0 aromatic rings. The second-order valence-corrected chi connectivity index (χ2v) is 8.58. The average Bonchev–Trinajstić information content (AvgIpc) is 2.54. The minimum Gasteiger partial charge on any atom is -1.00 e. The van der Waals surface area contributed by atoms with Crippen molar-refractivity contribution in [1.82, 2.24) is 10.6 Å². The van der Waals surface area contributed by atoms with E-state index >= 15 is 0 Å². The van der Waals surface area contributed by atoms with Crippen LogP contribution < -0.4 is 58.6 Å². The number of halogens is 2. The summed E-state index contributed by atoms with van der Waals surface area (Å²) in [7, 11) is 11.8. The number of hydrogen-bond acceptors (Lipinski definition) is 6. The first kappa shape index (κ1) is 33.9. The van der Waals surface area contributed by atoms with E-state index in [-0.39, 0.29) is 98.7 Å². The number of amides is 2. The van der Waals surface area contributed by atoms with Gasteiger partial charge in [0.05, 0.1) is 55.4 Å². The zero-order valence-corrected chi connectivity index (χ0v) is 23.1. The van der Waals surface area contributed by atoms with Gasteiger partial charge in [-0.15, -0.1) is 0 Å². The lowest BCUT2D eigenvalue weighted by molar-refractivity contribution is -0.870. The molecule has 0 aromatic carbocycles. The molecule has 0 aliphatic carbocycles. The van der Waals surface area contributed by atoms with Crippen molar-refractivity contribution in [3.05, 3.63) is 0 Å². The predicted molar refractivity (Wildman–Crippen MR) is 104 cm³/mol. The van der Waals surface area contributed by atoms with Crippen LogP contribution in [0.1, 0.15) is 12.8 Å². The Morgan fingerprint density at radius 1 is 0.633 bits per heavy atom. The molecule has 0 heterocycles. The summed E-state index contributed by atoms with van der Waals surface area (Å²) < 4.78 is 11.2. The van der Waals surface area contributed by atoms with Crippen LogP contribution in [0.15, 0.2) is 0 Å². The van der Waals surface area contributed by atoms with Crippen molar-refractivity contribution in [3.63, 3.8) is 0 Å². The average molecular weight is 658 g/mol. The smallest absolute Gasteiger partial charge is 0.407 e. The highest BCUT2D eigenvalue weighted by Gasteiger charge is 2.13. The number of Topliss-reactive ketones (excluding diaryl/α,β-unsaturated/α-hetero) is 2. The zero-order chi connectivity index (χ0) is 21.8. The van der Waals surface area contributed by atoms with E-state index in [0.717, 1.165) is 0 Å². The maximum atomic E-state index is 11.7. The SMILES string of the molecule is C[N+](C)(C)CCOC(=O)NCC(=O)CCC(=O)CNC(=O)OCC[N+](C)(C)C.[I-].[I-]. The summed E-state index contributed by atoms with van der Waals surface area (Å²) in [5, 5.41) is 4.72. The second-order valence-electron chi connectivity index (χ2n) is 8.58. The number of carbonyl (C=O) groups excluding carboxylic acids is 4. The molecular formula is C18H36I2N4O6. The Balaban J connectivity index is -0.00000364. The summed E-state index contributed by atoms with van der Waals surface area (Å²) in [6, 6.07) is 0. The minimum atomic E-state index is -0.661. The Morgan fingerprint density at radius 2 is 0.933 bits per heavy atom. The Labute approximate surface area is 213 Å². The van der Waals surface area contributed by atoms with Gasteiger partial charge in [0.2, 0.25) is 0 Å². The van der Waals surface area contributed by atoms with Gasteiger partial charge in [-0.1, -0.05) is 0 Å². The standard InChI is InChI=1S/C18H34N4O6.2HI/c1-21(2,3)9-11-27-17(25)19-13-15(23)7-8-16(24)14-20-18(26)28-12-10-22(4,5)6;;/h7-14H2,1-6H3;2*1H. The predicted octanol–water partition coefficient (Wildman–Crippen LogP) is -6.22. The van der Waals surface area contributed by atoms with E-state index in [9.17, 15) is 19.2 Å². The quantitative estimate of drug-likeness (QED) is 0.151. The van der Waals surface area contributed by atoms with E-state index in [1.54, 1.807) is 0 Å². The van der Waals surface area contributed by atoms with Crippen molar-refractivity contribution in [2.75, 3.05) is 81.7 Å². The van der Waals surface area contributed by atoms with Gasteiger partial charge >= 0.3 is 12.2 Å². The molecule has 0 aromatic heterocycles. The van der Waals surface area contributed by atoms with Gasteiger partial charge in [-0.2, -0.15) is 0 Å². The van der Waals surface area contributed by atoms with Gasteiger partial charge in [0.25, 0.3) is 0 Å². The summed E-state index contributed by atoms with van der Waals surface area (Å²) in [6.45, 7) is 1.41. The lowest BCUT2D eigenvalue weighted by Gasteiger charge is -2.23. The maximum absolute atomic E-state index is 11.7. The number of rotatable bonds is 13. The fourth-order valence-electron chi connectivity index (χ4n) is 1.72. The van der Waals surface area contributed by atoms with E-state index in [4.69, 9.17) is 9.47 Å². The third kappa shape index (κ3) is 23.5. The van der Waals surface area contributed by atoms with Crippen LogP contribution >= 0.6 is 0 Å². The Morgan fingerprint density at radius 3 is 1.20 bits per heavy atom. The van der Waals surface area contributed by atoms with E-state index in [2.05, 4.69) is 10.6 Å². The summed E-state index contributed by atoms with van der Waals surface area (Å²) in [6.07, 6.45) is -1.36. The summed E-state index contributed by atoms with van der Waals surface area (Å²) >= 11 is 0.